The molecule has 1 aromatic heterocycles. The minimum Gasteiger partial charge on any atom is -0.417 e. The van der Waals surface area contributed by atoms with Crippen molar-refractivity contribution in [3.8, 4) is 0 Å². The van der Waals surface area contributed by atoms with E-state index < -0.39 is 8.32 Å². The molecule has 0 aliphatic rings. The van der Waals surface area contributed by atoms with Gasteiger partial charge in [0.2, 0.25) is 5.95 Å². The number of benzene rings is 1. The van der Waals surface area contributed by atoms with Crippen molar-refractivity contribution in [2.75, 3.05) is 12.3 Å². The third-order valence-corrected chi connectivity index (χ3v) is 10.4. The van der Waals surface area contributed by atoms with E-state index >= 15 is 0 Å². The van der Waals surface area contributed by atoms with E-state index in [4.69, 9.17) is 10.2 Å². The molecule has 25 heavy (non-hydrogen) atoms. The van der Waals surface area contributed by atoms with Crippen LogP contribution in [0.2, 0.25) is 18.1 Å². The summed E-state index contributed by atoms with van der Waals surface area (Å²) in [4.78, 5) is 4.46. The molecule has 140 valence electrons. The van der Waals surface area contributed by atoms with Gasteiger partial charge in [-0.1, -0.05) is 43.6 Å². The summed E-state index contributed by atoms with van der Waals surface area (Å²) in [6.45, 7) is 15.5. The van der Waals surface area contributed by atoms with E-state index in [1.165, 1.54) is 0 Å². The summed E-state index contributed by atoms with van der Waals surface area (Å²) in [5.74, 6) is 1.12. The van der Waals surface area contributed by atoms with E-state index in [2.05, 4.69) is 72.3 Å². The van der Waals surface area contributed by atoms with Crippen molar-refractivity contribution in [3.05, 3.63) is 22.7 Å². The Balaban J connectivity index is 1.90. The maximum absolute atomic E-state index is 6.28. The van der Waals surface area contributed by atoms with E-state index in [-0.39, 0.29) is 5.04 Å². The van der Waals surface area contributed by atoms with Crippen molar-refractivity contribution < 1.29 is 4.43 Å². The second kappa shape index (κ2) is 7.80. The monoisotopic (exact) mass is 425 g/mol. The maximum Gasteiger partial charge on any atom is 0.201 e. The third-order valence-electron chi connectivity index (χ3n) is 5.34. The molecule has 2 N–H and O–H groups in total. The molecule has 0 bridgehead atoms. The zero-order valence-electron chi connectivity index (χ0n) is 16.4. The molecule has 0 saturated carbocycles. The average molecular weight is 426 g/mol. The highest BCUT2D eigenvalue weighted by atomic mass is 79.9. The van der Waals surface area contributed by atoms with Crippen LogP contribution in [0.5, 0.6) is 0 Å². The van der Waals surface area contributed by atoms with E-state index in [0.717, 1.165) is 41.5 Å². The van der Waals surface area contributed by atoms with Crippen molar-refractivity contribution in [2.24, 2.45) is 5.92 Å². The summed E-state index contributed by atoms with van der Waals surface area (Å²) in [7, 11) is -1.63. The predicted octanol–water partition coefficient (Wildman–Crippen LogP) is 5.82. The van der Waals surface area contributed by atoms with Crippen molar-refractivity contribution in [1.29, 1.82) is 0 Å². The molecule has 0 amide bonds. The lowest BCUT2D eigenvalue weighted by molar-refractivity contribution is 0.266. The number of nitrogens with two attached hydrogens (primary N) is 1. The number of halogens is 1. The standard InChI is InChI=1S/C19H32BrN3OSi/c1-14(8-7-11-24-25(5,6)19(2,3)4)13-23-17-12-15(20)9-10-16(17)22-18(23)21/h9-10,12,14H,7-8,11,13H2,1-6H3,(H2,21,22). The van der Waals surface area contributed by atoms with Crippen LogP contribution < -0.4 is 5.73 Å². The first-order chi connectivity index (χ1) is 11.5. The Bertz CT molecular complexity index is 721. The molecule has 1 aromatic carbocycles. The minimum atomic E-state index is -1.63. The van der Waals surface area contributed by atoms with Crippen molar-refractivity contribution in [3.63, 3.8) is 0 Å². The fourth-order valence-corrected chi connectivity index (χ4v) is 4.12. The van der Waals surface area contributed by atoms with Crippen LogP contribution in [0.1, 0.15) is 40.5 Å². The molecular formula is C19H32BrN3OSi. The zero-order chi connectivity index (χ0) is 18.8. The number of nitrogens with zero attached hydrogens (tertiary/aromatic N) is 2. The number of imidazole rings is 1. The van der Waals surface area contributed by atoms with Gasteiger partial charge in [0.25, 0.3) is 0 Å². The SMILES string of the molecule is CC(CCCO[Si](C)(C)C(C)(C)C)Cn1c(N)nc2ccc(Br)cc21. The molecule has 2 aromatic rings. The summed E-state index contributed by atoms with van der Waals surface area (Å²) in [6.07, 6.45) is 2.21. The molecule has 0 aliphatic carbocycles. The van der Waals surface area contributed by atoms with Crippen LogP contribution in [-0.4, -0.2) is 24.5 Å². The van der Waals surface area contributed by atoms with Gasteiger partial charge < -0.3 is 14.7 Å². The topological polar surface area (TPSA) is 53.1 Å². The van der Waals surface area contributed by atoms with Gasteiger partial charge in [-0.3, -0.25) is 0 Å². The van der Waals surface area contributed by atoms with Gasteiger partial charge in [0.15, 0.2) is 8.32 Å². The van der Waals surface area contributed by atoms with Crippen LogP contribution in [0.25, 0.3) is 11.0 Å². The molecule has 0 saturated heterocycles. The summed E-state index contributed by atoms with van der Waals surface area (Å²) in [6, 6.07) is 6.09. The van der Waals surface area contributed by atoms with Gasteiger partial charge in [-0.15, -0.1) is 0 Å². The first kappa shape index (κ1) is 20.5. The van der Waals surface area contributed by atoms with E-state index in [1.54, 1.807) is 0 Å². The molecular weight excluding hydrogens is 394 g/mol. The number of anilines is 1. The van der Waals surface area contributed by atoms with Crippen LogP contribution in [0.15, 0.2) is 22.7 Å². The van der Waals surface area contributed by atoms with Gasteiger partial charge in [0.1, 0.15) is 0 Å². The fraction of sp³-hybridized carbons (Fsp3) is 0.632. The molecule has 0 radical (unpaired) electrons. The van der Waals surface area contributed by atoms with Crippen LogP contribution in [0.3, 0.4) is 0 Å². The second-order valence-corrected chi connectivity index (χ2v) is 14.3. The lowest BCUT2D eigenvalue weighted by atomic mass is 10.1. The Morgan fingerprint density at radius 3 is 2.64 bits per heavy atom. The number of nitrogen functional groups attached to an aromatic ring is 1. The van der Waals surface area contributed by atoms with Gasteiger partial charge in [0, 0.05) is 17.6 Å². The molecule has 1 heterocycles. The largest absolute Gasteiger partial charge is 0.417 e. The zero-order valence-corrected chi connectivity index (χ0v) is 19.0. The van der Waals surface area contributed by atoms with Crippen LogP contribution in [0, 0.1) is 5.92 Å². The van der Waals surface area contributed by atoms with Crippen molar-refractivity contribution in [1.82, 2.24) is 9.55 Å². The van der Waals surface area contributed by atoms with Gasteiger partial charge in [-0.25, -0.2) is 4.98 Å². The quantitative estimate of drug-likeness (QED) is 0.448. The number of aromatic nitrogens is 2. The summed E-state index contributed by atoms with van der Waals surface area (Å²) < 4.78 is 9.45. The normalized spacial score (nSPS) is 14.2. The number of fused-ring (bicyclic) bond motifs is 1. The first-order valence-electron chi connectivity index (χ1n) is 9.06. The van der Waals surface area contributed by atoms with Crippen molar-refractivity contribution in [2.45, 2.75) is 65.2 Å². The van der Waals surface area contributed by atoms with E-state index in [9.17, 15) is 0 Å². The Hall–Kier alpha value is -0.853. The van der Waals surface area contributed by atoms with Crippen LogP contribution >= 0.6 is 15.9 Å². The third kappa shape index (κ3) is 5.08. The highest BCUT2D eigenvalue weighted by molar-refractivity contribution is 9.10. The summed E-state index contributed by atoms with van der Waals surface area (Å²) in [5.41, 5.74) is 8.18. The Labute approximate surface area is 161 Å². The van der Waals surface area contributed by atoms with Gasteiger partial charge in [-0.2, -0.15) is 0 Å². The Morgan fingerprint density at radius 2 is 2.00 bits per heavy atom. The van der Waals surface area contributed by atoms with Crippen LogP contribution in [0.4, 0.5) is 5.95 Å². The fourth-order valence-electron chi connectivity index (χ4n) is 2.68. The Morgan fingerprint density at radius 1 is 1.32 bits per heavy atom. The van der Waals surface area contributed by atoms with E-state index in [1.807, 2.05) is 12.1 Å². The molecule has 6 heteroatoms. The minimum absolute atomic E-state index is 0.274. The van der Waals surface area contributed by atoms with Crippen molar-refractivity contribution >= 4 is 41.2 Å². The predicted molar refractivity (Wildman–Crippen MR) is 113 cm³/mol. The lowest BCUT2D eigenvalue weighted by Gasteiger charge is -2.36. The van der Waals surface area contributed by atoms with Crippen LogP contribution in [-0.2, 0) is 11.0 Å². The highest BCUT2D eigenvalue weighted by Crippen LogP contribution is 2.36. The molecule has 2 rings (SSSR count). The molecule has 0 aliphatic heterocycles. The van der Waals surface area contributed by atoms with E-state index in [0.29, 0.717) is 11.9 Å². The summed E-state index contributed by atoms with van der Waals surface area (Å²) >= 11 is 3.53. The van der Waals surface area contributed by atoms with Gasteiger partial charge in [0.05, 0.1) is 11.0 Å². The smallest absolute Gasteiger partial charge is 0.201 e. The molecule has 4 nitrogen and oxygen atoms in total. The van der Waals surface area contributed by atoms with Gasteiger partial charge >= 0.3 is 0 Å². The number of hydrogen-bond acceptors (Lipinski definition) is 3. The average Bonchev–Trinajstić information content (AvgIpc) is 2.78. The number of hydrogen-bond donors (Lipinski definition) is 1. The molecule has 1 unspecified atom stereocenters. The highest BCUT2D eigenvalue weighted by Gasteiger charge is 2.36. The first-order valence-corrected chi connectivity index (χ1v) is 12.8. The second-order valence-electron chi connectivity index (χ2n) is 8.57. The van der Waals surface area contributed by atoms with Gasteiger partial charge in [-0.05, 0) is 55.1 Å². The molecule has 0 fully saturated rings. The number of rotatable bonds is 7. The molecule has 0 spiro atoms. The Kier molecular flexibility index (Phi) is 6.38. The molecule has 1 atom stereocenters. The lowest BCUT2D eigenvalue weighted by Crippen LogP contribution is -2.41. The summed E-state index contributed by atoms with van der Waals surface area (Å²) in [5, 5.41) is 0.274. The maximum atomic E-state index is 6.28.